The van der Waals surface area contributed by atoms with Gasteiger partial charge in [-0.3, -0.25) is 19.1 Å². The van der Waals surface area contributed by atoms with E-state index in [0.29, 0.717) is 27.3 Å². The first-order valence-corrected chi connectivity index (χ1v) is 15.4. The van der Waals surface area contributed by atoms with Gasteiger partial charge < -0.3 is 4.90 Å². The van der Waals surface area contributed by atoms with E-state index < -0.39 is 0 Å². The normalized spacial score (nSPS) is 20.2. The Morgan fingerprint density at radius 1 is 1.08 bits per heavy atom. The van der Waals surface area contributed by atoms with E-state index in [1.165, 1.54) is 23.7 Å². The fraction of sp³-hybridized carbons (Fsp3) is 0.484. The molecule has 1 aliphatic carbocycles. The third-order valence-corrected chi connectivity index (χ3v) is 9.81. The monoisotopic (exact) mass is 560 g/mol. The first kappa shape index (κ1) is 27.7. The van der Waals surface area contributed by atoms with E-state index in [2.05, 4.69) is 35.2 Å². The quantitative estimate of drug-likeness (QED) is 0.317. The molecule has 0 N–H and O–H groups in total. The second kappa shape index (κ2) is 12.1. The number of amides is 1. The Hall–Kier alpha value is -2.89. The van der Waals surface area contributed by atoms with Crippen LogP contribution in [0.2, 0.25) is 0 Å². The first-order chi connectivity index (χ1) is 18.9. The van der Waals surface area contributed by atoms with Gasteiger partial charge in [0, 0.05) is 31.2 Å². The van der Waals surface area contributed by atoms with Gasteiger partial charge in [-0.15, -0.1) is 0 Å². The molecule has 0 atom stereocenters. The maximum atomic E-state index is 13.6. The van der Waals surface area contributed by atoms with Gasteiger partial charge >= 0.3 is 0 Å². The number of hydrogen-bond acceptors (Lipinski definition) is 6. The molecule has 0 bridgehead atoms. The van der Waals surface area contributed by atoms with Crippen molar-refractivity contribution in [1.82, 2.24) is 9.47 Å². The van der Waals surface area contributed by atoms with Crippen molar-refractivity contribution in [3.63, 3.8) is 0 Å². The number of aromatic nitrogens is 1. The lowest BCUT2D eigenvalue weighted by Crippen LogP contribution is -2.40. The van der Waals surface area contributed by atoms with Crippen LogP contribution in [-0.2, 0) is 17.8 Å². The van der Waals surface area contributed by atoms with Gasteiger partial charge in [-0.1, -0.05) is 73.6 Å². The Kier molecular flexibility index (Phi) is 8.58. The van der Waals surface area contributed by atoms with E-state index in [0.717, 1.165) is 69.4 Å². The molecule has 2 aliphatic heterocycles. The molecule has 3 fully saturated rings. The molecule has 5 rings (SSSR count). The molecule has 2 saturated heterocycles. The van der Waals surface area contributed by atoms with Crippen LogP contribution in [0, 0.1) is 24.2 Å². The average Bonchev–Trinajstić information content (AvgIpc) is 3.24. The van der Waals surface area contributed by atoms with Crippen LogP contribution in [0.25, 0.3) is 6.08 Å². The van der Waals surface area contributed by atoms with Crippen LogP contribution in [0.4, 0.5) is 5.82 Å². The second-order valence-corrected chi connectivity index (χ2v) is 12.5. The molecule has 1 saturated carbocycles. The summed E-state index contributed by atoms with van der Waals surface area (Å²) in [6.07, 6.45) is 10.4. The van der Waals surface area contributed by atoms with Gasteiger partial charge in [0.05, 0.1) is 4.91 Å². The van der Waals surface area contributed by atoms with Crippen molar-refractivity contribution in [1.29, 1.82) is 5.26 Å². The molecule has 6 nitrogen and oxygen atoms in total. The van der Waals surface area contributed by atoms with E-state index in [4.69, 9.17) is 12.2 Å². The number of nitriles is 1. The van der Waals surface area contributed by atoms with Crippen LogP contribution in [0.1, 0.15) is 74.1 Å². The molecule has 8 heteroatoms. The van der Waals surface area contributed by atoms with Gasteiger partial charge in [0.15, 0.2) is 0 Å². The van der Waals surface area contributed by atoms with E-state index >= 15 is 0 Å². The SMILES string of the molecule is CCn1c(N2CCC(Cc3ccccc3)CC2)c(C=C2SC(=S)N(C3CCCCC3)C2=O)c(C)c(C#N)c1=O. The zero-order valence-electron chi connectivity index (χ0n) is 22.8. The fourth-order valence-corrected chi connectivity index (χ4v) is 7.72. The van der Waals surface area contributed by atoms with E-state index in [9.17, 15) is 14.9 Å². The highest BCUT2D eigenvalue weighted by Crippen LogP contribution is 2.39. The Balaban J connectivity index is 1.49. The molecular formula is C31H36N4O2S2. The summed E-state index contributed by atoms with van der Waals surface area (Å²) in [5, 5.41) is 9.89. The lowest BCUT2D eigenvalue weighted by atomic mass is 9.90. The highest BCUT2D eigenvalue weighted by molar-refractivity contribution is 8.26. The summed E-state index contributed by atoms with van der Waals surface area (Å²) in [4.78, 5) is 31.7. The van der Waals surface area contributed by atoms with E-state index in [1.807, 2.05) is 30.9 Å². The molecule has 204 valence electrons. The summed E-state index contributed by atoms with van der Waals surface area (Å²) in [6, 6.07) is 12.9. The number of pyridine rings is 1. The van der Waals surface area contributed by atoms with Gasteiger partial charge in [-0.25, -0.2) is 0 Å². The molecular weight excluding hydrogens is 525 g/mol. The summed E-state index contributed by atoms with van der Waals surface area (Å²) < 4.78 is 2.33. The molecule has 1 amide bonds. The van der Waals surface area contributed by atoms with Gasteiger partial charge in [-0.05, 0) is 69.1 Å². The Morgan fingerprint density at radius 2 is 1.77 bits per heavy atom. The molecule has 2 aromatic rings. The third kappa shape index (κ3) is 5.57. The first-order valence-electron chi connectivity index (χ1n) is 14.2. The molecule has 1 aromatic carbocycles. The average molecular weight is 561 g/mol. The van der Waals surface area contributed by atoms with E-state index in [-0.39, 0.29) is 23.1 Å². The maximum absolute atomic E-state index is 13.6. The number of carbonyl (C=O) groups is 1. The molecule has 3 heterocycles. The number of piperidine rings is 1. The van der Waals surface area contributed by atoms with Crippen LogP contribution in [-0.4, -0.2) is 38.8 Å². The number of anilines is 1. The molecule has 0 unspecified atom stereocenters. The van der Waals surface area contributed by atoms with Crippen LogP contribution in [0.5, 0.6) is 0 Å². The van der Waals surface area contributed by atoms with Gasteiger partial charge in [0.25, 0.3) is 11.5 Å². The highest BCUT2D eigenvalue weighted by atomic mass is 32.2. The minimum absolute atomic E-state index is 0.0448. The second-order valence-electron chi connectivity index (χ2n) is 10.9. The minimum atomic E-state index is -0.259. The molecule has 39 heavy (non-hydrogen) atoms. The van der Waals surface area contributed by atoms with Crippen molar-refractivity contribution in [3.8, 4) is 6.07 Å². The standard InChI is InChI=1S/C31H36N4O2S2/c1-3-34-28(33-16-14-23(15-17-33)18-22-10-6-4-7-11-22)25(21(2)26(20-32)29(34)36)19-27-30(37)35(31(38)39-27)24-12-8-5-9-13-24/h4,6-7,10-11,19,23-24H,3,5,8-9,12-18H2,1-2H3. The van der Waals surface area contributed by atoms with Crippen LogP contribution < -0.4 is 10.5 Å². The largest absolute Gasteiger partial charge is 0.357 e. The molecule has 0 spiro atoms. The van der Waals surface area contributed by atoms with Crippen molar-refractivity contribution >= 4 is 46.1 Å². The number of carbonyl (C=O) groups excluding carboxylic acids is 1. The van der Waals surface area contributed by atoms with Crippen molar-refractivity contribution in [2.75, 3.05) is 18.0 Å². The highest BCUT2D eigenvalue weighted by Gasteiger charge is 2.38. The number of benzene rings is 1. The zero-order chi connectivity index (χ0) is 27.5. The topological polar surface area (TPSA) is 69.3 Å². The number of thiocarbonyl (C=S) groups is 1. The van der Waals surface area contributed by atoms with Gasteiger partial charge in [0.1, 0.15) is 21.8 Å². The van der Waals surface area contributed by atoms with E-state index in [1.54, 1.807) is 4.57 Å². The Labute approximate surface area is 240 Å². The Bertz CT molecular complexity index is 1380. The molecule has 0 radical (unpaired) electrons. The lowest BCUT2D eigenvalue weighted by molar-refractivity contribution is -0.124. The summed E-state index contributed by atoms with van der Waals surface area (Å²) in [5.41, 5.74) is 2.67. The molecule has 3 aliphatic rings. The van der Waals surface area contributed by atoms with Crippen molar-refractivity contribution < 1.29 is 4.79 Å². The van der Waals surface area contributed by atoms with Crippen molar-refractivity contribution in [2.24, 2.45) is 5.92 Å². The zero-order valence-corrected chi connectivity index (χ0v) is 24.5. The smallest absolute Gasteiger partial charge is 0.270 e. The van der Waals surface area contributed by atoms with Crippen LogP contribution in [0.15, 0.2) is 40.0 Å². The number of nitrogens with zero attached hydrogens (tertiary/aromatic N) is 4. The number of thioether (sulfide) groups is 1. The van der Waals surface area contributed by atoms with Gasteiger partial charge in [0.2, 0.25) is 0 Å². The summed E-state index contributed by atoms with van der Waals surface area (Å²) in [5.74, 6) is 1.36. The number of hydrogen-bond donors (Lipinski definition) is 0. The fourth-order valence-electron chi connectivity index (χ4n) is 6.34. The van der Waals surface area contributed by atoms with Crippen molar-refractivity contribution in [2.45, 2.75) is 77.8 Å². The molecule has 1 aromatic heterocycles. The third-order valence-electron chi connectivity index (χ3n) is 8.48. The minimum Gasteiger partial charge on any atom is -0.357 e. The summed E-state index contributed by atoms with van der Waals surface area (Å²) in [7, 11) is 0. The van der Waals surface area contributed by atoms with Crippen molar-refractivity contribution in [3.05, 3.63) is 67.8 Å². The lowest BCUT2D eigenvalue weighted by Gasteiger charge is -2.36. The summed E-state index contributed by atoms with van der Waals surface area (Å²) >= 11 is 7.02. The predicted octanol–water partition coefficient (Wildman–Crippen LogP) is 6.04. The Morgan fingerprint density at radius 3 is 2.41 bits per heavy atom. The summed E-state index contributed by atoms with van der Waals surface area (Å²) in [6.45, 7) is 5.88. The maximum Gasteiger partial charge on any atom is 0.270 e. The predicted molar refractivity (Wildman–Crippen MR) is 163 cm³/mol. The van der Waals surface area contributed by atoms with Gasteiger partial charge in [-0.2, -0.15) is 5.26 Å². The van der Waals surface area contributed by atoms with Crippen LogP contribution in [0.3, 0.4) is 0 Å². The number of rotatable bonds is 6. The van der Waals surface area contributed by atoms with Crippen LogP contribution >= 0.6 is 24.0 Å².